The van der Waals surface area contributed by atoms with Crippen LogP contribution in [0.1, 0.15) is 66.2 Å². The normalized spacial score (nSPS) is 47.0. The molecule has 3 aliphatic carbocycles. The second-order valence-corrected chi connectivity index (χ2v) is 9.17. The van der Waals surface area contributed by atoms with Crippen molar-refractivity contribution in [2.24, 2.45) is 28.1 Å². The van der Waals surface area contributed by atoms with Crippen molar-refractivity contribution < 1.29 is 14.6 Å². The fourth-order valence-corrected chi connectivity index (χ4v) is 6.60. The SMILES string of the molecule is COC(=O)/C=C1\CC[C@H]2[C@]3(C)CC[C@@H](O)C(C)(C)[C@H]3CC[C@]12C. The van der Waals surface area contributed by atoms with Gasteiger partial charge >= 0.3 is 5.97 Å². The summed E-state index contributed by atoms with van der Waals surface area (Å²) < 4.78 is 4.87. The minimum Gasteiger partial charge on any atom is -0.466 e. The largest absolute Gasteiger partial charge is 0.466 e. The molecule has 0 aliphatic heterocycles. The second-order valence-electron chi connectivity index (χ2n) is 9.17. The van der Waals surface area contributed by atoms with Crippen molar-refractivity contribution in [3.8, 4) is 0 Å². The van der Waals surface area contributed by atoms with E-state index in [0.717, 1.165) is 32.1 Å². The van der Waals surface area contributed by atoms with Crippen molar-refractivity contribution in [3.63, 3.8) is 0 Å². The first-order valence-electron chi connectivity index (χ1n) is 9.13. The number of ether oxygens (including phenoxy) is 1. The van der Waals surface area contributed by atoms with Gasteiger partial charge in [-0.2, -0.15) is 0 Å². The molecule has 0 aromatic heterocycles. The summed E-state index contributed by atoms with van der Waals surface area (Å²) in [4.78, 5) is 11.8. The van der Waals surface area contributed by atoms with E-state index in [2.05, 4.69) is 27.7 Å². The third kappa shape index (κ3) is 2.30. The molecule has 0 bridgehead atoms. The Morgan fingerprint density at radius 3 is 2.48 bits per heavy atom. The van der Waals surface area contributed by atoms with Crippen LogP contribution >= 0.6 is 0 Å². The van der Waals surface area contributed by atoms with Crippen molar-refractivity contribution in [2.45, 2.75) is 72.3 Å². The van der Waals surface area contributed by atoms with E-state index in [4.69, 9.17) is 4.74 Å². The third-order valence-corrected chi connectivity index (χ3v) is 7.96. The molecule has 23 heavy (non-hydrogen) atoms. The van der Waals surface area contributed by atoms with E-state index >= 15 is 0 Å². The number of allylic oxidation sites excluding steroid dienone is 1. The molecule has 130 valence electrons. The standard InChI is InChI=1S/C20H32O3/c1-18(2)14-8-10-19(3)13(12-17(22)23-5)6-7-15(19)20(14,4)11-9-16(18)21/h12,14-16,21H,6-11H2,1-5H3/b13-12+/t14-,15-,16-,19-,20-/m1/s1. The van der Waals surface area contributed by atoms with Gasteiger partial charge in [-0.3, -0.25) is 0 Å². The van der Waals surface area contributed by atoms with Crippen molar-refractivity contribution in [1.82, 2.24) is 0 Å². The first-order chi connectivity index (χ1) is 10.7. The highest BCUT2D eigenvalue weighted by molar-refractivity contribution is 5.83. The second kappa shape index (κ2) is 5.34. The molecule has 0 heterocycles. The molecule has 0 radical (unpaired) electrons. The quantitative estimate of drug-likeness (QED) is 0.584. The summed E-state index contributed by atoms with van der Waals surface area (Å²) in [5, 5.41) is 10.5. The summed E-state index contributed by atoms with van der Waals surface area (Å²) in [6, 6.07) is 0. The summed E-state index contributed by atoms with van der Waals surface area (Å²) in [7, 11) is 1.46. The molecule has 0 saturated heterocycles. The molecule has 0 amide bonds. The van der Waals surface area contributed by atoms with E-state index < -0.39 is 0 Å². The Morgan fingerprint density at radius 1 is 1.13 bits per heavy atom. The summed E-state index contributed by atoms with van der Waals surface area (Å²) in [6.45, 7) is 9.32. The fraction of sp³-hybridized carbons (Fsp3) is 0.850. The maximum Gasteiger partial charge on any atom is 0.330 e. The molecular weight excluding hydrogens is 288 g/mol. The number of rotatable bonds is 1. The van der Waals surface area contributed by atoms with Gasteiger partial charge in [-0.1, -0.05) is 33.3 Å². The first-order valence-corrected chi connectivity index (χ1v) is 9.13. The van der Waals surface area contributed by atoms with Crippen LogP contribution in [0.25, 0.3) is 0 Å². The zero-order chi connectivity index (χ0) is 17.0. The number of fused-ring (bicyclic) bond motifs is 3. The van der Waals surface area contributed by atoms with Crippen LogP contribution in [-0.4, -0.2) is 24.3 Å². The van der Waals surface area contributed by atoms with Crippen LogP contribution in [0.5, 0.6) is 0 Å². The van der Waals surface area contributed by atoms with E-state index in [-0.39, 0.29) is 28.3 Å². The summed E-state index contributed by atoms with van der Waals surface area (Å²) in [5.74, 6) is 0.958. The van der Waals surface area contributed by atoms with Gasteiger partial charge in [0.15, 0.2) is 0 Å². The van der Waals surface area contributed by atoms with E-state index in [1.54, 1.807) is 6.08 Å². The highest BCUT2D eigenvalue weighted by Gasteiger charge is 2.62. The van der Waals surface area contributed by atoms with Crippen LogP contribution in [0.2, 0.25) is 0 Å². The van der Waals surface area contributed by atoms with Crippen molar-refractivity contribution in [1.29, 1.82) is 0 Å². The van der Waals surface area contributed by atoms with Crippen molar-refractivity contribution in [3.05, 3.63) is 11.6 Å². The van der Waals surface area contributed by atoms with Gasteiger partial charge in [-0.05, 0) is 66.6 Å². The Morgan fingerprint density at radius 2 is 1.83 bits per heavy atom. The maximum absolute atomic E-state index is 11.8. The predicted octanol–water partition coefficient (Wildman–Crippen LogP) is 4.10. The van der Waals surface area contributed by atoms with Gasteiger partial charge in [-0.25, -0.2) is 4.79 Å². The number of esters is 1. The van der Waals surface area contributed by atoms with Gasteiger partial charge < -0.3 is 9.84 Å². The average molecular weight is 320 g/mol. The van der Waals surface area contributed by atoms with Crippen LogP contribution in [-0.2, 0) is 9.53 Å². The van der Waals surface area contributed by atoms with E-state index in [9.17, 15) is 9.90 Å². The molecule has 5 atom stereocenters. The Bertz CT molecular complexity index is 535. The number of carbonyl (C=O) groups excluding carboxylic acids is 1. The van der Waals surface area contributed by atoms with Gasteiger partial charge in [0.2, 0.25) is 0 Å². The molecule has 0 aromatic carbocycles. The number of hydrogen-bond acceptors (Lipinski definition) is 3. The Labute approximate surface area is 140 Å². The third-order valence-electron chi connectivity index (χ3n) is 7.96. The molecular formula is C20H32O3. The lowest BCUT2D eigenvalue weighted by atomic mass is 9.43. The van der Waals surface area contributed by atoms with E-state index in [1.807, 2.05) is 0 Å². The number of aliphatic hydroxyl groups is 1. The van der Waals surface area contributed by atoms with E-state index in [1.165, 1.54) is 19.1 Å². The first kappa shape index (κ1) is 17.0. The van der Waals surface area contributed by atoms with Crippen LogP contribution in [0.3, 0.4) is 0 Å². The van der Waals surface area contributed by atoms with Crippen LogP contribution in [0, 0.1) is 28.1 Å². The lowest BCUT2D eigenvalue weighted by Crippen LogP contribution is -2.57. The smallest absolute Gasteiger partial charge is 0.330 e. The Kier molecular flexibility index (Phi) is 3.95. The van der Waals surface area contributed by atoms with Gasteiger partial charge in [0.1, 0.15) is 0 Å². The van der Waals surface area contributed by atoms with Crippen LogP contribution in [0.4, 0.5) is 0 Å². The van der Waals surface area contributed by atoms with Gasteiger partial charge in [0.25, 0.3) is 0 Å². The molecule has 3 rings (SSSR count). The number of aliphatic hydroxyl groups excluding tert-OH is 1. The van der Waals surface area contributed by atoms with E-state index in [0.29, 0.717) is 11.8 Å². The Balaban J connectivity index is 1.97. The molecule has 0 unspecified atom stereocenters. The van der Waals surface area contributed by atoms with Gasteiger partial charge in [-0.15, -0.1) is 0 Å². The zero-order valence-electron chi connectivity index (χ0n) is 15.3. The van der Waals surface area contributed by atoms with Gasteiger partial charge in [0.05, 0.1) is 13.2 Å². The molecule has 1 N–H and O–H groups in total. The molecule has 0 aromatic rings. The monoisotopic (exact) mass is 320 g/mol. The number of methoxy groups -OCH3 is 1. The molecule has 3 aliphatic rings. The topological polar surface area (TPSA) is 46.5 Å². The lowest BCUT2D eigenvalue weighted by molar-refractivity contribution is -0.157. The predicted molar refractivity (Wildman–Crippen MR) is 90.8 cm³/mol. The summed E-state index contributed by atoms with van der Waals surface area (Å²) in [5.41, 5.74) is 1.67. The zero-order valence-corrected chi connectivity index (χ0v) is 15.3. The number of hydrogen-bond donors (Lipinski definition) is 1. The molecule has 3 saturated carbocycles. The Hall–Kier alpha value is -0.830. The highest BCUT2D eigenvalue weighted by atomic mass is 16.5. The number of carbonyl (C=O) groups is 1. The highest BCUT2D eigenvalue weighted by Crippen LogP contribution is 2.69. The maximum atomic E-state index is 11.8. The molecule has 3 heteroatoms. The lowest BCUT2D eigenvalue weighted by Gasteiger charge is -2.62. The fourth-order valence-electron chi connectivity index (χ4n) is 6.60. The van der Waals surface area contributed by atoms with Gasteiger partial charge in [0, 0.05) is 6.08 Å². The minimum atomic E-state index is -0.214. The molecule has 3 nitrogen and oxygen atoms in total. The van der Waals surface area contributed by atoms with Crippen molar-refractivity contribution in [2.75, 3.05) is 7.11 Å². The molecule has 3 fully saturated rings. The minimum absolute atomic E-state index is 0.0108. The van der Waals surface area contributed by atoms with Crippen LogP contribution in [0.15, 0.2) is 11.6 Å². The molecule has 0 spiro atoms. The van der Waals surface area contributed by atoms with Crippen LogP contribution < -0.4 is 0 Å². The van der Waals surface area contributed by atoms with Crippen molar-refractivity contribution >= 4 is 5.97 Å². The average Bonchev–Trinajstić information content (AvgIpc) is 2.81. The summed E-state index contributed by atoms with van der Waals surface area (Å²) >= 11 is 0. The summed E-state index contributed by atoms with van der Waals surface area (Å²) in [6.07, 6.45) is 8.03.